The number of rotatable bonds is 6. The first-order valence-electron chi connectivity index (χ1n) is 7.39. The summed E-state index contributed by atoms with van der Waals surface area (Å²) in [4.78, 5) is 16.3. The molecule has 2 rings (SSSR count). The Balaban J connectivity index is 1.90. The lowest BCUT2D eigenvalue weighted by molar-refractivity contribution is 0.0169. The molecule has 0 bridgehead atoms. The highest BCUT2D eigenvalue weighted by molar-refractivity contribution is 5.99. The molecule has 1 aliphatic heterocycles. The lowest BCUT2D eigenvalue weighted by Crippen LogP contribution is -2.35. The van der Waals surface area contributed by atoms with Crippen molar-refractivity contribution in [3.63, 3.8) is 0 Å². The Morgan fingerprint density at radius 3 is 3.15 bits per heavy atom. The van der Waals surface area contributed by atoms with E-state index in [1.807, 2.05) is 0 Å². The van der Waals surface area contributed by atoms with Crippen LogP contribution in [0.15, 0.2) is 18.5 Å². The molecule has 1 atom stereocenters. The normalized spacial score (nSPS) is 18.6. The third-order valence-electron chi connectivity index (χ3n) is 3.40. The highest BCUT2D eigenvalue weighted by atomic mass is 16.5. The number of ether oxygens (including phenoxy) is 1. The molecule has 110 valence electrons. The maximum Gasteiger partial charge on any atom is 0.253 e. The van der Waals surface area contributed by atoms with E-state index in [0.717, 1.165) is 38.1 Å². The average molecular weight is 277 g/mol. The minimum atomic E-state index is -0.0693. The summed E-state index contributed by atoms with van der Waals surface area (Å²) >= 11 is 0. The number of amides is 1. The van der Waals surface area contributed by atoms with Gasteiger partial charge in [0.1, 0.15) is 0 Å². The van der Waals surface area contributed by atoms with Crippen LogP contribution < -0.4 is 10.6 Å². The van der Waals surface area contributed by atoms with Crippen LogP contribution in [0.25, 0.3) is 0 Å². The SMILES string of the molecule is CCCNc1cnccc1C(=O)NCC1CCCCO1. The minimum absolute atomic E-state index is 0.0693. The Labute approximate surface area is 120 Å². The number of nitrogens with one attached hydrogen (secondary N) is 2. The van der Waals surface area contributed by atoms with E-state index in [1.54, 1.807) is 18.5 Å². The molecular weight excluding hydrogens is 254 g/mol. The first-order chi connectivity index (χ1) is 9.81. The number of carbonyl (C=O) groups excluding carboxylic acids is 1. The van der Waals surface area contributed by atoms with E-state index in [4.69, 9.17) is 4.74 Å². The molecule has 1 fully saturated rings. The van der Waals surface area contributed by atoms with Crippen LogP contribution >= 0.6 is 0 Å². The molecule has 1 saturated heterocycles. The highest BCUT2D eigenvalue weighted by Crippen LogP contribution is 2.15. The highest BCUT2D eigenvalue weighted by Gasteiger charge is 2.16. The molecule has 1 amide bonds. The molecule has 2 N–H and O–H groups in total. The Bertz CT molecular complexity index is 431. The summed E-state index contributed by atoms with van der Waals surface area (Å²) in [6.07, 6.45) is 7.83. The Kier molecular flexibility index (Phi) is 5.80. The number of nitrogens with zero attached hydrogens (tertiary/aromatic N) is 1. The van der Waals surface area contributed by atoms with Crippen molar-refractivity contribution in [2.45, 2.75) is 38.7 Å². The second kappa shape index (κ2) is 7.85. The second-order valence-corrected chi connectivity index (χ2v) is 5.05. The van der Waals surface area contributed by atoms with Crippen LogP contribution in [0, 0.1) is 0 Å². The Morgan fingerprint density at radius 1 is 1.50 bits per heavy atom. The average Bonchev–Trinajstić information content (AvgIpc) is 2.52. The van der Waals surface area contributed by atoms with E-state index in [-0.39, 0.29) is 12.0 Å². The van der Waals surface area contributed by atoms with Gasteiger partial charge in [-0.3, -0.25) is 9.78 Å². The predicted molar refractivity (Wildman–Crippen MR) is 78.9 cm³/mol. The fraction of sp³-hybridized carbons (Fsp3) is 0.600. The zero-order valence-corrected chi connectivity index (χ0v) is 12.0. The smallest absolute Gasteiger partial charge is 0.253 e. The number of anilines is 1. The van der Waals surface area contributed by atoms with Crippen molar-refractivity contribution in [3.05, 3.63) is 24.0 Å². The van der Waals surface area contributed by atoms with Gasteiger partial charge < -0.3 is 15.4 Å². The minimum Gasteiger partial charge on any atom is -0.383 e. The number of pyridine rings is 1. The van der Waals surface area contributed by atoms with E-state index >= 15 is 0 Å². The maximum absolute atomic E-state index is 12.2. The topological polar surface area (TPSA) is 63.2 Å². The molecule has 2 heterocycles. The van der Waals surface area contributed by atoms with Gasteiger partial charge >= 0.3 is 0 Å². The fourth-order valence-electron chi connectivity index (χ4n) is 2.26. The van der Waals surface area contributed by atoms with Crippen molar-refractivity contribution < 1.29 is 9.53 Å². The number of aromatic nitrogens is 1. The van der Waals surface area contributed by atoms with Crippen molar-refractivity contribution in [3.8, 4) is 0 Å². The lowest BCUT2D eigenvalue weighted by atomic mass is 10.1. The van der Waals surface area contributed by atoms with Crippen molar-refractivity contribution in [2.24, 2.45) is 0 Å². The fourth-order valence-corrected chi connectivity index (χ4v) is 2.26. The molecule has 0 saturated carbocycles. The van der Waals surface area contributed by atoms with Gasteiger partial charge in [0.15, 0.2) is 0 Å². The van der Waals surface area contributed by atoms with Crippen LogP contribution in [0.4, 0.5) is 5.69 Å². The molecule has 1 aromatic rings. The molecule has 0 radical (unpaired) electrons. The summed E-state index contributed by atoms with van der Waals surface area (Å²) in [5.74, 6) is -0.0693. The lowest BCUT2D eigenvalue weighted by Gasteiger charge is -2.23. The summed E-state index contributed by atoms with van der Waals surface area (Å²) in [6, 6.07) is 1.75. The first kappa shape index (κ1) is 14.8. The molecule has 1 aliphatic rings. The van der Waals surface area contributed by atoms with Gasteiger partial charge in [0.25, 0.3) is 5.91 Å². The van der Waals surface area contributed by atoms with Crippen molar-refractivity contribution >= 4 is 11.6 Å². The van der Waals surface area contributed by atoms with Gasteiger partial charge in [-0.1, -0.05) is 6.92 Å². The van der Waals surface area contributed by atoms with Gasteiger partial charge in [0.2, 0.25) is 0 Å². The monoisotopic (exact) mass is 277 g/mol. The standard InChI is InChI=1S/C15H23N3O2/c1-2-7-17-14-11-16-8-6-13(14)15(19)18-10-12-5-3-4-9-20-12/h6,8,11-12,17H,2-5,7,9-10H2,1H3,(H,18,19). The number of carbonyl (C=O) groups is 1. The van der Waals surface area contributed by atoms with Crippen LogP contribution in [0.3, 0.4) is 0 Å². The number of hydrogen-bond acceptors (Lipinski definition) is 4. The first-order valence-corrected chi connectivity index (χ1v) is 7.39. The van der Waals surface area contributed by atoms with Crippen LogP contribution in [0.5, 0.6) is 0 Å². The van der Waals surface area contributed by atoms with Crippen LogP contribution in [-0.2, 0) is 4.74 Å². The predicted octanol–water partition coefficient (Wildman–Crippen LogP) is 2.20. The molecule has 1 unspecified atom stereocenters. The molecule has 0 aliphatic carbocycles. The van der Waals surface area contributed by atoms with Crippen molar-refractivity contribution in [2.75, 3.05) is 25.0 Å². The third kappa shape index (κ3) is 4.20. The van der Waals surface area contributed by atoms with Gasteiger partial charge in [-0.25, -0.2) is 0 Å². The Morgan fingerprint density at radius 2 is 2.40 bits per heavy atom. The largest absolute Gasteiger partial charge is 0.383 e. The molecule has 5 nitrogen and oxygen atoms in total. The summed E-state index contributed by atoms with van der Waals surface area (Å²) in [5, 5.41) is 6.18. The van der Waals surface area contributed by atoms with Gasteiger partial charge in [-0.15, -0.1) is 0 Å². The molecule has 5 heteroatoms. The van der Waals surface area contributed by atoms with Crippen LogP contribution in [0.1, 0.15) is 43.0 Å². The van der Waals surface area contributed by atoms with E-state index in [9.17, 15) is 4.79 Å². The van der Waals surface area contributed by atoms with Crippen LogP contribution in [-0.4, -0.2) is 36.7 Å². The van der Waals surface area contributed by atoms with E-state index in [2.05, 4.69) is 22.5 Å². The second-order valence-electron chi connectivity index (χ2n) is 5.05. The molecule has 0 aromatic carbocycles. The van der Waals surface area contributed by atoms with Crippen LogP contribution in [0.2, 0.25) is 0 Å². The summed E-state index contributed by atoms with van der Waals surface area (Å²) < 4.78 is 5.62. The molecule has 20 heavy (non-hydrogen) atoms. The van der Waals surface area contributed by atoms with Gasteiger partial charge in [-0.05, 0) is 31.7 Å². The van der Waals surface area contributed by atoms with Crippen molar-refractivity contribution in [1.82, 2.24) is 10.3 Å². The summed E-state index contributed by atoms with van der Waals surface area (Å²) in [5.41, 5.74) is 1.43. The molecular formula is C15H23N3O2. The number of hydrogen-bond donors (Lipinski definition) is 2. The van der Waals surface area contributed by atoms with E-state index < -0.39 is 0 Å². The molecule has 0 spiro atoms. The Hall–Kier alpha value is -1.62. The summed E-state index contributed by atoms with van der Waals surface area (Å²) in [7, 11) is 0. The van der Waals surface area contributed by atoms with Crippen molar-refractivity contribution in [1.29, 1.82) is 0 Å². The van der Waals surface area contributed by atoms with Gasteiger partial charge in [0, 0.05) is 25.9 Å². The molecule has 1 aromatic heterocycles. The van der Waals surface area contributed by atoms with E-state index in [1.165, 1.54) is 6.42 Å². The zero-order valence-electron chi connectivity index (χ0n) is 12.0. The maximum atomic E-state index is 12.2. The quantitative estimate of drug-likeness (QED) is 0.836. The van der Waals surface area contributed by atoms with E-state index in [0.29, 0.717) is 12.1 Å². The summed E-state index contributed by atoms with van der Waals surface area (Å²) in [6.45, 7) is 4.30. The zero-order chi connectivity index (χ0) is 14.2. The van der Waals surface area contributed by atoms with Gasteiger partial charge in [0.05, 0.1) is 23.6 Å². The van der Waals surface area contributed by atoms with Gasteiger partial charge in [-0.2, -0.15) is 0 Å². The third-order valence-corrected chi connectivity index (χ3v) is 3.40.